The number of ether oxygens (including phenoxy) is 3. The Labute approximate surface area is 334 Å². The van der Waals surface area contributed by atoms with Gasteiger partial charge in [0.15, 0.2) is 34.7 Å². The molecule has 12 nitrogen and oxygen atoms in total. The first-order valence-corrected chi connectivity index (χ1v) is 22.0. The van der Waals surface area contributed by atoms with Crippen LogP contribution in [0.3, 0.4) is 0 Å². The minimum absolute atomic E-state index is 0.0319. The molecular weight excluding hydrogens is 739 g/mol. The van der Waals surface area contributed by atoms with Crippen LogP contribution in [0.2, 0.25) is 0 Å². The zero-order valence-electron chi connectivity index (χ0n) is 32.8. The first kappa shape index (κ1) is 43.0. The Bertz CT molecular complexity index is 1630. The number of guanidine groups is 1. The van der Waals surface area contributed by atoms with Crippen LogP contribution < -0.4 is 30.7 Å². The monoisotopic (exact) mass is 799 g/mol. The molecule has 2 aromatic rings. The zero-order valence-corrected chi connectivity index (χ0v) is 34.5. The van der Waals surface area contributed by atoms with Gasteiger partial charge in [0.25, 0.3) is 0 Å². The fourth-order valence-corrected chi connectivity index (χ4v) is 10.6. The van der Waals surface area contributed by atoms with Gasteiger partial charge in [-0.3, -0.25) is 15.1 Å². The van der Waals surface area contributed by atoms with Crippen molar-refractivity contribution in [3.8, 4) is 23.0 Å². The third-order valence-electron chi connectivity index (χ3n) is 11.2. The minimum atomic E-state index is -0.542. The summed E-state index contributed by atoms with van der Waals surface area (Å²) in [5.41, 5.74) is 1.41. The number of carbonyl (C=O) groups excluding carboxylic acids is 1. The van der Waals surface area contributed by atoms with E-state index in [9.17, 15) is 20.1 Å². The van der Waals surface area contributed by atoms with Crippen molar-refractivity contribution in [2.45, 2.75) is 82.8 Å². The summed E-state index contributed by atoms with van der Waals surface area (Å²) in [4.78, 5) is 18.7. The van der Waals surface area contributed by atoms with Gasteiger partial charge in [0.05, 0.1) is 31.5 Å². The van der Waals surface area contributed by atoms with Crippen LogP contribution in [-0.4, -0.2) is 98.0 Å². The second-order valence-electron chi connectivity index (χ2n) is 15.2. The number of ketones is 1. The Morgan fingerprint density at radius 1 is 1.13 bits per heavy atom. The molecule has 2 saturated carbocycles. The van der Waals surface area contributed by atoms with E-state index in [0.29, 0.717) is 80.6 Å². The van der Waals surface area contributed by atoms with Gasteiger partial charge in [-0.1, -0.05) is 40.2 Å². The molecule has 55 heavy (non-hydrogen) atoms. The standard InChI is InChI=1S/C41H61N5O7S2/c1-28(47)23-44-26-52-17-14-29-13-16-40(21-29,25-42-2)53-36-19-30-8-5-6-10-37(49)41(22-31-11-12-34(48)35(20-31)51-4)15-7-9-32(41)24-54-55-27-45-39(43-3)46-33(18-30)38(36)50/h6,10-12,18-20,28-29,32,42,44,47-48,50H,5,7-9,13-17,21-27H2,1-4H3,(H2,43,45,46)/b10-6+/t28-,29-,32-,40+,41+/m0/s1. The van der Waals surface area contributed by atoms with Crippen LogP contribution in [-0.2, 0) is 22.4 Å². The van der Waals surface area contributed by atoms with Crippen LogP contribution in [0.5, 0.6) is 23.0 Å². The summed E-state index contributed by atoms with van der Waals surface area (Å²) in [6.45, 7) is 3.90. The number of hydrogen-bond donors (Lipinski definition) is 7. The van der Waals surface area contributed by atoms with E-state index in [1.54, 1.807) is 54.8 Å². The van der Waals surface area contributed by atoms with Gasteiger partial charge in [-0.15, -0.1) is 0 Å². The number of methoxy groups -OCH3 is 1. The highest BCUT2D eigenvalue weighted by atomic mass is 33.1. The van der Waals surface area contributed by atoms with Crippen molar-refractivity contribution in [3.63, 3.8) is 0 Å². The summed E-state index contributed by atoms with van der Waals surface area (Å²) in [5, 5.41) is 44.5. The maximum Gasteiger partial charge on any atom is 0.196 e. The number of aliphatic imine (C=N–C) groups is 1. The second-order valence-corrected chi connectivity index (χ2v) is 17.7. The van der Waals surface area contributed by atoms with Crippen molar-refractivity contribution in [3.05, 3.63) is 53.6 Å². The number of phenolic OH excluding ortho intramolecular Hbond substituents is 2. The number of nitrogens with one attached hydrogen (secondary N) is 4. The number of hydrogen-bond acceptors (Lipinski definition) is 12. The molecule has 7 N–H and O–H groups in total. The minimum Gasteiger partial charge on any atom is -0.504 e. The Morgan fingerprint density at radius 2 is 1.98 bits per heavy atom. The van der Waals surface area contributed by atoms with Crippen LogP contribution in [0.25, 0.3) is 0 Å². The van der Waals surface area contributed by atoms with E-state index < -0.39 is 17.1 Å². The summed E-state index contributed by atoms with van der Waals surface area (Å²) in [7, 11) is 8.62. The Hall–Kier alpha value is -3.14. The van der Waals surface area contributed by atoms with Crippen LogP contribution in [0.4, 0.5) is 5.69 Å². The van der Waals surface area contributed by atoms with Crippen molar-refractivity contribution in [1.29, 1.82) is 0 Å². The fraction of sp³-hybridized carbons (Fsp3) is 0.610. The predicted octanol–water partition coefficient (Wildman–Crippen LogP) is 6.01. The van der Waals surface area contributed by atoms with Gasteiger partial charge in [0.2, 0.25) is 0 Å². The van der Waals surface area contributed by atoms with Gasteiger partial charge in [-0.05, 0) is 125 Å². The highest BCUT2D eigenvalue weighted by molar-refractivity contribution is 8.76. The van der Waals surface area contributed by atoms with Crippen molar-refractivity contribution in [2.24, 2.45) is 22.2 Å². The Balaban J connectivity index is 1.35. The maximum absolute atomic E-state index is 14.3. The number of benzene rings is 2. The summed E-state index contributed by atoms with van der Waals surface area (Å²) in [5.74, 6) is 3.67. The lowest BCUT2D eigenvalue weighted by molar-refractivity contribution is -0.125. The molecule has 0 unspecified atom stereocenters. The Morgan fingerprint density at radius 3 is 2.76 bits per heavy atom. The van der Waals surface area contributed by atoms with Crippen molar-refractivity contribution >= 4 is 39.0 Å². The van der Waals surface area contributed by atoms with Gasteiger partial charge < -0.3 is 45.5 Å². The summed E-state index contributed by atoms with van der Waals surface area (Å²) in [6.07, 6.45) is 11.6. The maximum atomic E-state index is 14.3. The topological polar surface area (TPSA) is 166 Å². The molecule has 5 atom stereocenters. The van der Waals surface area contributed by atoms with Gasteiger partial charge in [0, 0.05) is 37.9 Å². The van der Waals surface area contributed by atoms with Gasteiger partial charge in [0.1, 0.15) is 5.60 Å². The first-order valence-electron chi connectivity index (χ1n) is 19.5. The Kier molecular flexibility index (Phi) is 16.3. The van der Waals surface area contributed by atoms with Gasteiger partial charge >= 0.3 is 0 Å². The highest BCUT2D eigenvalue weighted by Crippen LogP contribution is 2.50. The summed E-state index contributed by atoms with van der Waals surface area (Å²) >= 11 is 0. The number of phenols is 2. The molecule has 3 aliphatic rings. The molecule has 304 valence electrons. The number of anilines is 1. The molecule has 1 heterocycles. The lowest BCUT2D eigenvalue weighted by Crippen LogP contribution is -2.42. The van der Waals surface area contributed by atoms with E-state index in [1.165, 1.54) is 0 Å². The number of fused-ring (bicyclic) bond motifs is 3. The van der Waals surface area contributed by atoms with Crippen LogP contribution in [0.1, 0.15) is 69.4 Å². The van der Waals surface area contributed by atoms with Crippen molar-refractivity contribution < 1.29 is 34.3 Å². The number of allylic oxidation sites excluding steroid dienone is 2. The molecule has 2 aliphatic carbocycles. The molecular formula is C41H61N5O7S2. The summed E-state index contributed by atoms with van der Waals surface area (Å²) < 4.78 is 18.0. The van der Waals surface area contributed by atoms with E-state index >= 15 is 0 Å². The number of carbonyl (C=O) groups is 1. The van der Waals surface area contributed by atoms with Crippen molar-refractivity contribution in [2.75, 3.05) is 64.6 Å². The molecule has 0 spiro atoms. The molecule has 0 amide bonds. The molecule has 0 aromatic heterocycles. The second kappa shape index (κ2) is 20.9. The van der Waals surface area contributed by atoms with E-state index in [0.717, 1.165) is 61.8 Å². The lowest BCUT2D eigenvalue weighted by atomic mass is 9.70. The van der Waals surface area contributed by atoms with Crippen LogP contribution in [0, 0.1) is 17.3 Å². The van der Waals surface area contributed by atoms with Gasteiger partial charge in [-0.2, -0.15) is 0 Å². The van der Waals surface area contributed by atoms with Gasteiger partial charge in [-0.25, -0.2) is 0 Å². The first-order chi connectivity index (χ1) is 26.6. The molecule has 0 saturated heterocycles. The smallest absolute Gasteiger partial charge is 0.196 e. The fourth-order valence-electron chi connectivity index (χ4n) is 8.34. The molecule has 0 radical (unpaired) electrons. The number of aromatic hydroxyl groups is 2. The average molecular weight is 800 g/mol. The number of rotatable bonds is 14. The number of aryl methyl sites for hydroxylation is 1. The summed E-state index contributed by atoms with van der Waals surface area (Å²) in [6, 6.07) is 9.27. The number of aliphatic hydroxyl groups excluding tert-OH is 1. The van der Waals surface area contributed by atoms with E-state index in [4.69, 9.17) is 14.2 Å². The number of nitrogens with zero attached hydrogens (tertiary/aromatic N) is 1. The molecule has 2 bridgehead atoms. The third kappa shape index (κ3) is 11.7. The molecule has 5 rings (SSSR count). The lowest BCUT2D eigenvalue weighted by Gasteiger charge is -2.33. The molecule has 14 heteroatoms. The molecule has 1 aliphatic heterocycles. The molecule has 2 aromatic carbocycles. The van der Waals surface area contributed by atoms with Crippen LogP contribution in [0.15, 0.2) is 47.5 Å². The average Bonchev–Trinajstić information content (AvgIpc) is 3.76. The zero-order chi connectivity index (χ0) is 39.3. The third-order valence-corrected chi connectivity index (χ3v) is 13.4. The predicted molar refractivity (Wildman–Crippen MR) is 223 cm³/mol. The van der Waals surface area contributed by atoms with Crippen LogP contribution >= 0.6 is 21.6 Å². The van der Waals surface area contributed by atoms with E-state index in [2.05, 4.69) is 26.3 Å². The van der Waals surface area contributed by atoms with Crippen molar-refractivity contribution in [1.82, 2.24) is 16.0 Å². The van der Waals surface area contributed by atoms with E-state index in [-0.39, 0.29) is 23.2 Å². The number of aliphatic hydroxyl groups is 1. The quantitative estimate of drug-likeness (QED) is 0.0515. The highest BCUT2D eigenvalue weighted by Gasteiger charge is 2.47. The molecule has 2 fully saturated rings. The van der Waals surface area contributed by atoms with E-state index in [1.807, 2.05) is 37.4 Å². The number of likely N-dealkylation sites (N-methyl/N-ethyl adjacent to an activating group) is 1. The largest absolute Gasteiger partial charge is 0.504 e. The normalized spacial score (nSPS) is 26.8. The SMILES string of the molecule is CN=C1NCSSC[C@@H]2CCC[C@]2(Cc2ccc(O)c(OC)c2)C(=O)/C=C/CCc2cc(c(O)c(O[C@]3(CNC)CC[C@@H](CCOCNC[C@H](C)O)C3)c2)N1.